The van der Waals surface area contributed by atoms with Gasteiger partial charge in [-0.25, -0.2) is 4.79 Å². The first kappa shape index (κ1) is 14.3. The molecule has 3 nitrogen and oxygen atoms in total. The SMILES string of the molecule is CC(N)CCc1ccc(-c2ccc(C(=O)O)cc2)cc1. The normalized spacial score (nSPS) is 12.1. The average molecular weight is 269 g/mol. The summed E-state index contributed by atoms with van der Waals surface area (Å²) in [5.74, 6) is -0.900. The van der Waals surface area contributed by atoms with E-state index in [2.05, 4.69) is 24.3 Å². The molecule has 0 bridgehead atoms. The Morgan fingerprint density at radius 2 is 1.55 bits per heavy atom. The van der Waals surface area contributed by atoms with Crippen molar-refractivity contribution in [1.82, 2.24) is 0 Å². The molecule has 2 aromatic rings. The molecule has 104 valence electrons. The van der Waals surface area contributed by atoms with E-state index in [0.717, 1.165) is 24.0 Å². The van der Waals surface area contributed by atoms with Crippen molar-refractivity contribution in [3.05, 3.63) is 59.7 Å². The van der Waals surface area contributed by atoms with Gasteiger partial charge in [-0.05, 0) is 48.6 Å². The first-order valence-corrected chi connectivity index (χ1v) is 6.74. The first-order valence-electron chi connectivity index (χ1n) is 6.74. The van der Waals surface area contributed by atoms with E-state index in [1.54, 1.807) is 12.1 Å². The summed E-state index contributed by atoms with van der Waals surface area (Å²) in [7, 11) is 0. The average Bonchev–Trinajstić information content (AvgIpc) is 2.46. The number of carboxylic acids is 1. The van der Waals surface area contributed by atoms with Gasteiger partial charge in [0.05, 0.1) is 5.56 Å². The number of rotatable bonds is 5. The van der Waals surface area contributed by atoms with Crippen LogP contribution in [0.2, 0.25) is 0 Å². The fraction of sp³-hybridized carbons (Fsp3) is 0.235. The van der Waals surface area contributed by atoms with Crippen LogP contribution in [-0.4, -0.2) is 17.1 Å². The fourth-order valence-corrected chi connectivity index (χ4v) is 2.06. The summed E-state index contributed by atoms with van der Waals surface area (Å²) in [4.78, 5) is 10.8. The van der Waals surface area contributed by atoms with Crippen molar-refractivity contribution in [2.45, 2.75) is 25.8 Å². The molecule has 0 fully saturated rings. The zero-order valence-corrected chi connectivity index (χ0v) is 11.5. The highest BCUT2D eigenvalue weighted by atomic mass is 16.4. The molecule has 0 radical (unpaired) electrons. The summed E-state index contributed by atoms with van der Waals surface area (Å²) in [6.45, 7) is 2.01. The monoisotopic (exact) mass is 269 g/mol. The first-order chi connectivity index (χ1) is 9.56. The molecule has 0 saturated carbocycles. The largest absolute Gasteiger partial charge is 0.478 e. The van der Waals surface area contributed by atoms with Crippen LogP contribution in [0.25, 0.3) is 11.1 Å². The smallest absolute Gasteiger partial charge is 0.335 e. The summed E-state index contributed by atoms with van der Waals surface area (Å²) in [6, 6.07) is 15.5. The third-order valence-electron chi connectivity index (χ3n) is 3.31. The number of hydrogen-bond donors (Lipinski definition) is 2. The van der Waals surface area contributed by atoms with E-state index < -0.39 is 5.97 Å². The second-order valence-corrected chi connectivity index (χ2v) is 5.10. The lowest BCUT2D eigenvalue weighted by atomic mass is 10.0. The van der Waals surface area contributed by atoms with Crippen LogP contribution in [0.4, 0.5) is 0 Å². The minimum Gasteiger partial charge on any atom is -0.478 e. The number of hydrogen-bond acceptors (Lipinski definition) is 2. The molecular formula is C17H19NO2. The second kappa shape index (κ2) is 6.35. The quantitative estimate of drug-likeness (QED) is 0.875. The molecule has 0 spiro atoms. The van der Waals surface area contributed by atoms with Crippen LogP contribution in [0.15, 0.2) is 48.5 Å². The second-order valence-electron chi connectivity index (χ2n) is 5.10. The maximum Gasteiger partial charge on any atom is 0.335 e. The molecule has 2 rings (SSSR count). The third kappa shape index (κ3) is 3.68. The molecule has 0 aromatic heterocycles. The maximum absolute atomic E-state index is 10.8. The summed E-state index contributed by atoms with van der Waals surface area (Å²) < 4.78 is 0. The van der Waals surface area contributed by atoms with Crippen molar-refractivity contribution in [1.29, 1.82) is 0 Å². The summed E-state index contributed by atoms with van der Waals surface area (Å²) >= 11 is 0. The van der Waals surface area contributed by atoms with Gasteiger partial charge in [0.1, 0.15) is 0 Å². The molecular weight excluding hydrogens is 250 g/mol. The molecule has 0 saturated heterocycles. The van der Waals surface area contributed by atoms with Crippen LogP contribution < -0.4 is 5.73 Å². The molecule has 0 aliphatic heterocycles. The predicted molar refractivity (Wildman–Crippen MR) is 80.8 cm³/mol. The molecule has 0 aliphatic rings. The van der Waals surface area contributed by atoms with E-state index in [4.69, 9.17) is 10.8 Å². The Labute approximate surface area is 119 Å². The van der Waals surface area contributed by atoms with Gasteiger partial charge in [0.2, 0.25) is 0 Å². The molecule has 0 amide bonds. The van der Waals surface area contributed by atoms with Gasteiger partial charge in [-0.15, -0.1) is 0 Å². The molecule has 1 unspecified atom stereocenters. The minimum absolute atomic E-state index is 0.221. The van der Waals surface area contributed by atoms with Gasteiger partial charge in [-0.2, -0.15) is 0 Å². The molecule has 1 atom stereocenters. The van der Waals surface area contributed by atoms with Gasteiger partial charge >= 0.3 is 5.97 Å². The highest BCUT2D eigenvalue weighted by Crippen LogP contribution is 2.21. The lowest BCUT2D eigenvalue weighted by molar-refractivity contribution is 0.0697. The minimum atomic E-state index is -0.900. The van der Waals surface area contributed by atoms with Crippen LogP contribution in [-0.2, 0) is 6.42 Å². The summed E-state index contributed by atoms with van der Waals surface area (Å²) in [6.07, 6.45) is 1.96. The van der Waals surface area contributed by atoms with Gasteiger partial charge in [-0.1, -0.05) is 36.4 Å². The lowest BCUT2D eigenvalue weighted by Crippen LogP contribution is -2.15. The Balaban J connectivity index is 2.11. The maximum atomic E-state index is 10.8. The van der Waals surface area contributed by atoms with Gasteiger partial charge in [0, 0.05) is 6.04 Å². The lowest BCUT2D eigenvalue weighted by Gasteiger charge is -2.07. The third-order valence-corrected chi connectivity index (χ3v) is 3.31. The van der Waals surface area contributed by atoms with Crippen LogP contribution >= 0.6 is 0 Å². The van der Waals surface area contributed by atoms with Crippen LogP contribution in [0.3, 0.4) is 0 Å². The highest BCUT2D eigenvalue weighted by Gasteiger charge is 2.03. The van der Waals surface area contributed by atoms with Crippen molar-refractivity contribution < 1.29 is 9.90 Å². The summed E-state index contributed by atoms with van der Waals surface area (Å²) in [5, 5.41) is 8.88. The number of carbonyl (C=O) groups is 1. The van der Waals surface area contributed by atoms with Crippen molar-refractivity contribution in [3.8, 4) is 11.1 Å². The van der Waals surface area contributed by atoms with E-state index in [0.29, 0.717) is 5.56 Å². The number of benzene rings is 2. The zero-order valence-electron chi connectivity index (χ0n) is 11.5. The van der Waals surface area contributed by atoms with E-state index in [-0.39, 0.29) is 6.04 Å². The molecule has 0 heterocycles. The topological polar surface area (TPSA) is 63.3 Å². The molecule has 0 aliphatic carbocycles. The molecule has 3 heteroatoms. The number of nitrogens with two attached hydrogens (primary N) is 1. The fourth-order valence-electron chi connectivity index (χ4n) is 2.06. The van der Waals surface area contributed by atoms with Crippen molar-refractivity contribution in [2.24, 2.45) is 5.73 Å². The van der Waals surface area contributed by atoms with E-state index >= 15 is 0 Å². The van der Waals surface area contributed by atoms with Gasteiger partial charge in [0.15, 0.2) is 0 Å². The van der Waals surface area contributed by atoms with Crippen LogP contribution in [0, 0.1) is 0 Å². The molecule has 3 N–H and O–H groups in total. The Kier molecular flexibility index (Phi) is 4.53. The number of aryl methyl sites for hydroxylation is 1. The Bertz CT molecular complexity index is 571. The van der Waals surface area contributed by atoms with Crippen LogP contribution in [0.5, 0.6) is 0 Å². The van der Waals surface area contributed by atoms with Crippen molar-refractivity contribution in [3.63, 3.8) is 0 Å². The van der Waals surface area contributed by atoms with Crippen LogP contribution in [0.1, 0.15) is 29.3 Å². The summed E-state index contributed by atoms with van der Waals surface area (Å²) in [5.41, 5.74) is 9.44. The molecule has 2 aromatic carbocycles. The Hall–Kier alpha value is -2.13. The highest BCUT2D eigenvalue weighted by molar-refractivity contribution is 5.88. The number of aromatic carboxylic acids is 1. The molecule has 20 heavy (non-hydrogen) atoms. The van der Waals surface area contributed by atoms with E-state index in [9.17, 15) is 4.79 Å². The van der Waals surface area contributed by atoms with Gasteiger partial charge in [-0.3, -0.25) is 0 Å². The Morgan fingerprint density at radius 3 is 2.00 bits per heavy atom. The van der Waals surface area contributed by atoms with Gasteiger partial charge in [0.25, 0.3) is 0 Å². The standard InChI is InChI=1S/C17H19NO2/c1-12(18)2-3-13-4-6-14(7-5-13)15-8-10-16(11-9-15)17(19)20/h4-12H,2-3,18H2,1H3,(H,19,20). The predicted octanol–water partition coefficient (Wildman–Crippen LogP) is 3.33. The van der Waals surface area contributed by atoms with E-state index in [1.165, 1.54) is 5.56 Å². The number of carboxylic acid groups (broad SMARTS) is 1. The zero-order chi connectivity index (χ0) is 14.5. The van der Waals surface area contributed by atoms with Crippen molar-refractivity contribution in [2.75, 3.05) is 0 Å². The van der Waals surface area contributed by atoms with Crippen molar-refractivity contribution >= 4 is 5.97 Å². The van der Waals surface area contributed by atoms with Gasteiger partial charge < -0.3 is 10.8 Å². The Morgan fingerprint density at radius 1 is 1.05 bits per heavy atom. The van der Waals surface area contributed by atoms with E-state index in [1.807, 2.05) is 19.1 Å².